The molecule has 0 spiro atoms. The standard InChI is InChI=1S/C66H50Si2/c1-49-39-41-51(42-40-49)66(63-38-22-24-50-23-20-21-37-60(50)63)64-47-58(67(52-25-8-2-9-26-52,53-27-10-3-11-28-53)54-29-12-4-13-30-54)43-45-61(64)62-46-44-59(48-65(62)66)68(55-31-14-5-15-32-55,56-33-16-6-17-34-56)57-35-18-7-19-36-57/h2-48H,1H3. The van der Waals surface area contributed by atoms with E-state index in [0.717, 1.165) is 0 Å². The Morgan fingerprint density at radius 1 is 0.265 bits per heavy atom. The van der Waals surface area contributed by atoms with Crippen LogP contribution in [0.25, 0.3) is 21.9 Å². The van der Waals surface area contributed by atoms with Gasteiger partial charge in [0, 0.05) is 0 Å². The van der Waals surface area contributed by atoms with Gasteiger partial charge in [-0.3, -0.25) is 0 Å². The summed E-state index contributed by atoms with van der Waals surface area (Å²) >= 11 is 0. The van der Waals surface area contributed by atoms with Crippen LogP contribution in [0, 0.1) is 6.92 Å². The van der Waals surface area contributed by atoms with Gasteiger partial charge in [0.25, 0.3) is 0 Å². The second-order valence-electron chi connectivity index (χ2n) is 18.4. The molecule has 1 aliphatic carbocycles. The van der Waals surface area contributed by atoms with Crippen molar-refractivity contribution in [1.29, 1.82) is 0 Å². The molecule has 322 valence electrons. The van der Waals surface area contributed by atoms with Crippen LogP contribution in [0.5, 0.6) is 0 Å². The maximum absolute atomic E-state index is 2.94. The lowest BCUT2D eigenvalue weighted by atomic mass is 9.66. The van der Waals surface area contributed by atoms with Gasteiger partial charge in [-0.15, -0.1) is 0 Å². The molecular formula is C66H50Si2. The number of rotatable bonds is 10. The van der Waals surface area contributed by atoms with Crippen molar-refractivity contribution in [3.8, 4) is 11.1 Å². The van der Waals surface area contributed by atoms with Crippen molar-refractivity contribution < 1.29 is 0 Å². The van der Waals surface area contributed by atoms with E-state index in [1.54, 1.807) is 0 Å². The van der Waals surface area contributed by atoms with Gasteiger partial charge in [-0.25, -0.2) is 0 Å². The number of benzene rings is 11. The average Bonchev–Trinajstić information content (AvgIpc) is 3.70. The summed E-state index contributed by atoms with van der Waals surface area (Å²) in [6.45, 7) is 2.21. The van der Waals surface area contributed by atoms with Crippen LogP contribution in [0.15, 0.2) is 285 Å². The van der Waals surface area contributed by atoms with Gasteiger partial charge in [0.05, 0.1) is 5.41 Å². The van der Waals surface area contributed by atoms with Gasteiger partial charge < -0.3 is 0 Å². The molecule has 0 saturated heterocycles. The van der Waals surface area contributed by atoms with Crippen molar-refractivity contribution >= 4 is 68.4 Å². The summed E-state index contributed by atoms with van der Waals surface area (Å²) in [5, 5.41) is 13.4. The third-order valence-electron chi connectivity index (χ3n) is 14.9. The fourth-order valence-corrected chi connectivity index (χ4v) is 21.6. The van der Waals surface area contributed by atoms with Crippen molar-refractivity contribution in [1.82, 2.24) is 0 Å². The normalized spacial score (nSPS) is 12.9. The van der Waals surface area contributed by atoms with E-state index < -0.39 is 21.6 Å². The molecule has 0 bridgehead atoms. The van der Waals surface area contributed by atoms with Crippen LogP contribution in [0.1, 0.15) is 27.8 Å². The Morgan fingerprint density at radius 3 is 0.985 bits per heavy atom. The number of aryl methyl sites for hydroxylation is 1. The lowest BCUT2D eigenvalue weighted by Gasteiger charge is -2.39. The molecule has 1 aliphatic rings. The maximum Gasteiger partial charge on any atom is 0.179 e. The Kier molecular flexibility index (Phi) is 10.4. The second kappa shape index (κ2) is 17.1. The zero-order valence-corrected chi connectivity index (χ0v) is 40.1. The molecule has 0 aromatic heterocycles. The monoisotopic (exact) mass is 898 g/mol. The first-order chi connectivity index (χ1) is 33.6. The SMILES string of the molecule is Cc1ccc(C2(c3cccc4ccccc34)c3cc([Si](c4ccccc4)(c4ccccc4)c4ccccc4)ccc3-c3ccc([Si](c4ccccc4)(c4ccccc4)c4ccccc4)cc32)cc1. The van der Waals surface area contributed by atoms with E-state index in [2.05, 4.69) is 292 Å². The van der Waals surface area contributed by atoms with Crippen molar-refractivity contribution in [3.63, 3.8) is 0 Å². The van der Waals surface area contributed by atoms with Crippen LogP contribution in [0.4, 0.5) is 0 Å². The number of hydrogen-bond donors (Lipinski definition) is 0. The van der Waals surface area contributed by atoms with E-state index in [1.165, 1.54) is 91.2 Å². The summed E-state index contributed by atoms with van der Waals surface area (Å²) in [6.07, 6.45) is 0. The van der Waals surface area contributed by atoms with Crippen LogP contribution in [-0.4, -0.2) is 16.1 Å². The zero-order valence-electron chi connectivity index (χ0n) is 38.1. The average molecular weight is 899 g/mol. The molecule has 2 heteroatoms. The highest BCUT2D eigenvalue weighted by Gasteiger charge is 2.51. The molecule has 0 unspecified atom stereocenters. The molecule has 0 nitrogen and oxygen atoms in total. The molecule has 0 amide bonds. The van der Waals surface area contributed by atoms with Crippen molar-refractivity contribution in [3.05, 3.63) is 313 Å². The van der Waals surface area contributed by atoms with Crippen LogP contribution in [0.2, 0.25) is 0 Å². The zero-order chi connectivity index (χ0) is 45.5. The quantitative estimate of drug-likeness (QED) is 0.0948. The fraction of sp³-hybridized carbons (Fsp3) is 0.0303. The van der Waals surface area contributed by atoms with E-state index in [-0.39, 0.29) is 0 Å². The molecule has 68 heavy (non-hydrogen) atoms. The molecule has 0 N–H and O–H groups in total. The number of fused-ring (bicyclic) bond motifs is 4. The summed E-state index contributed by atoms with van der Waals surface area (Å²) in [5.41, 5.74) is 8.34. The molecule has 11 aromatic carbocycles. The summed E-state index contributed by atoms with van der Waals surface area (Å²) in [7, 11) is -5.88. The predicted octanol–water partition coefficient (Wildman–Crippen LogP) is 10.3. The molecule has 12 rings (SSSR count). The minimum atomic E-state index is -2.94. The van der Waals surface area contributed by atoms with E-state index in [0.29, 0.717) is 0 Å². The van der Waals surface area contributed by atoms with Crippen LogP contribution >= 0.6 is 0 Å². The summed E-state index contributed by atoms with van der Waals surface area (Å²) in [6, 6.07) is 109. The summed E-state index contributed by atoms with van der Waals surface area (Å²) in [5.74, 6) is 0. The van der Waals surface area contributed by atoms with Gasteiger partial charge >= 0.3 is 0 Å². The van der Waals surface area contributed by atoms with Gasteiger partial charge in [-0.2, -0.15) is 0 Å². The molecule has 0 atom stereocenters. The van der Waals surface area contributed by atoms with Crippen molar-refractivity contribution in [2.45, 2.75) is 12.3 Å². The van der Waals surface area contributed by atoms with Gasteiger partial charge in [0.1, 0.15) is 0 Å². The minimum absolute atomic E-state index is 0.695. The Bertz CT molecular complexity index is 3160. The van der Waals surface area contributed by atoms with Crippen LogP contribution < -0.4 is 41.5 Å². The van der Waals surface area contributed by atoms with Crippen molar-refractivity contribution in [2.75, 3.05) is 0 Å². The van der Waals surface area contributed by atoms with Gasteiger partial charge in [0.2, 0.25) is 0 Å². The van der Waals surface area contributed by atoms with Gasteiger partial charge in [0.15, 0.2) is 16.1 Å². The van der Waals surface area contributed by atoms with E-state index >= 15 is 0 Å². The third kappa shape index (κ3) is 6.33. The van der Waals surface area contributed by atoms with E-state index in [1.807, 2.05) is 0 Å². The van der Waals surface area contributed by atoms with E-state index in [4.69, 9.17) is 0 Å². The van der Waals surface area contributed by atoms with E-state index in [9.17, 15) is 0 Å². The number of hydrogen-bond acceptors (Lipinski definition) is 0. The molecule has 0 radical (unpaired) electrons. The second-order valence-corrected chi connectivity index (χ2v) is 26.0. The molecular weight excluding hydrogens is 849 g/mol. The highest BCUT2D eigenvalue weighted by molar-refractivity contribution is 7.20. The minimum Gasteiger partial charge on any atom is -0.0623 e. The highest BCUT2D eigenvalue weighted by Crippen LogP contribution is 2.57. The lowest BCUT2D eigenvalue weighted by Crippen LogP contribution is -2.74. The summed E-state index contributed by atoms with van der Waals surface area (Å²) < 4.78 is 0. The maximum atomic E-state index is 2.66. The smallest absolute Gasteiger partial charge is 0.0623 e. The Labute approximate surface area is 402 Å². The first-order valence-corrected chi connectivity index (χ1v) is 27.8. The predicted molar refractivity (Wildman–Crippen MR) is 293 cm³/mol. The Balaban J connectivity index is 1.25. The first-order valence-electron chi connectivity index (χ1n) is 23.8. The molecule has 0 fully saturated rings. The topological polar surface area (TPSA) is 0 Å². The molecule has 11 aromatic rings. The highest BCUT2D eigenvalue weighted by atomic mass is 28.3. The molecule has 0 saturated carbocycles. The Morgan fingerprint density at radius 2 is 0.603 bits per heavy atom. The van der Waals surface area contributed by atoms with Gasteiger partial charge in [-0.05, 0) is 92.6 Å². The van der Waals surface area contributed by atoms with Crippen LogP contribution in [-0.2, 0) is 5.41 Å². The third-order valence-corrected chi connectivity index (χ3v) is 24.5. The Hall–Kier alpha value is -7.89. The first kappa shape index (κ1) is 41.5. The largest absolute Gasteiger partial charge is 0.179 e. The lowest BCUT2D eigenvalue weighted by molar-refractivity contribution is 0.777. The van der Waals surface area contributed by atoms with Gasteiger partial charge in [-0.1, -0.05) is 291 Å². The summed E-state index contributed by atoms with van der Waals surface area (Å²) in [4.78, 5) is 0. The molecule has 0 aliphatic heterocycles. The van der Waals surface area contributed by atoms with Crippen molar-refractivity contribution in [2.24, 2.45) is 0 Å². The molecule has 0 heterocycles. The fourth-order valence-electron chi connectivity index (χ4n) is 12.0. The van der Waals surface area contributed by atoms with Crippen LogP contribution in [0.3, 0.4) is 0 Å².